The second-order valence-corrected chi connectivity index (χ2v) is 8.31. The summed E-state index contributed by atoms with van der Waals surface area (Å²) < 4.78 is 8.06. The molecule has 1 atom stereocenters. The minimum Gasteiger partial charge on any atom is -0.493 e. The lowest BCUT2D eigenvalue weighted by atomic mass is 10.0. The van der Waals surface area contributed by atoms with Crippen molar-refractivity contribution in [3.8, 4) is 28.4 Å². The Morgan fingerprint density at radius 2 is 2.00 bits per heavy atom. The number of nitrogens with one attached hydrogen (secondary N) is 1. The van der Waals surface area contributed by atoms with Gasteiger partial charge in [-0.1, -0.05) is 25.1 Å². The summed E-state index contributed by atoms with van der Waals surface area (Å²) >= 11 is 0. The number of anilines is 1. The SMILES string of the molecule is Cc1ccc(-c2ccc3c(c2)C(=O)Nc2cccc(n2)-c2nncn2CC(C)CCO3)cn1. The molecule has 2 bridgehead atoms. The molecule has 0 saturated heterocycles. The smallest absolute Gasteiger partial charge is 0.260 e. The van der Waals surface area contributed by atoms with Gasteiger partial charge in [0.1, 0.15) is 23.6 Å². The first-order valence-corrected chi connectivity index (χ1v) is 10.9. The molecule has 1 unspecified atom stereocenters. The van der Waals surface area contributed by atoms with Crippen LogP contribution in [0.1, 0.15) is 29.4 Å². The molecule has 1 N–H and O–H groups in total. The zero-order valence-corrected chi connectivity index (χ0v) is 18.5. The van der Waals surface area contributed by atoms with Gasteiger partial charge in [0.05, 0.1) is 12.2 Å². The molecule has 1 aromatic carbocycles. The number of hydrogen-bond acceptors (Lipinski definition) is 6. The molecule has 1 aliphatic heterocycles. The quantitative estimate of drug-likeness (QED) is 0.472. The molecular weight excluding hydrogens is 416 g/mol. The van der Waals surface area contributed by atoms with Crippen molar-refractivity contribution in [2.45, 2.75) is 26.8 Å². The van der Waals surface area contributed by atoms with Crippen molar-refractivity contribution in [3.63, 3.8) is 0 Å². The third-order valence-corrected chi connectivity index (χ3v) is 5.68. The average molecular weight is 441 g/mol. The van der Waals surface area contributed by atoms with Crippen molar-refractivity contribution >= 4 is 11.7 Å². The number of fused-ring (bicyclic) bond motifs is 5. The van der Waals surface area contributed by atoms with E-state index in [4.69, 9.17) is 4.74 Å². The van der Waals surface area contributed by atoms with Crippen LogP contribution in [0.4, 0.5) is 5.82 Å². The monoisotopic (exact) mass is 440 g/mol. The fourth-order valence-corrected chi connectivity index (χ4v) is 3.85. The van der Waals surface area contributed by atoms with Gasteiger partial charge in [-0.15, -0.1) is 10.2 Å². The summed E-state index contributed by atoms with van der Waals surface area (Å²) in [5.74, 6) is 1.68. The van der Waals surface area contributed by atoms with E-state index in [1.807, 2.05) is 60.2 Å². The molecule has 0 spiro atoms. The zero-order valence-electron chi connectivity index (χ0n) is 18.5. The lowest BCUT2D eigenvalue weighted by Crippen LogP contribution is -2.17. The van der Waals surface area contributed by atoms with Gasteiger partial charge in [-0.25, -0.2) is 4.98 Å². The first-order chi connectivity index (χ1) is 16.1. The molecule has 8 nitrogen and oxygen atoms in total. The largest absolute Gasteiger partial charge is 0.493 e. The van der Waals surface area contributed by atoms with Crippen LogP contribution in [0.15, 0.2) is 61.1 Å². The number of carbonyl (C=O) groups is 1. The van der Waals surface area contributed by atoms with Gasteiger partial charge in [0.2, 0.25) is 0 Å². The van der Waals surface area contributed by atoms with E-state index in [-0.39, 0.29) is 5.91 Å². The molecule has 1 aliphatic rings. The highest BCUT2D eigenvalue weighted by Gasteiger charge is 2.18. The van der Waals surface area contributed by atoms with Gasteiger partial charge in [-0.2, -0.15) is 0 Å². The summed E-state index contributed by atoms with van der Waals surface area (Å²) in [7, 11) is 0. The van der Waals surface area contributed by atoms with E-state index in [1.165, 1.54) is 0 Å². The Balaban J connectivity index is 1.55. The third kappa shape index (κ3) is 4.45. The number of ether oxygens (including phenoxy) is 1. The van der Waals surface area contributed by atoms with Gasteiger partial charge in [0, 0.05) is 24.0 Å². The molecule has 0 radical (unpaired) electrons. The molecular formula is C25H24N6O2. The maximum absolute atomic E-state index is 13.3. The highest BCUT2D eigenvalue weighted by Crippen LogP contribution is 2.28. The number of pyridine rings is 2. The summed E-state index contributed by atoms with van der Waals surface area (Å²) in [6.07, 6.45) is 4.33. The molecule has 0 fully saturated rings. The van der Waals surface area contributed by atoms with Crippen LogP contribution in [-0.2, 0) is 6.54 Å². The summed E-state index contributed by atoms with van der Waals surface area (Å²) in [5, 5.41) is 11.2. The van der Waals surface area contributed by atoms with Crippen molar-refractivity contribution in [1.29, 1.82) is 0 Å². The minimum absolute atomic E-state index is 0.289. The summed E-state index contributed by atoms with van der Waals surface area (Å²) in [6, 6.07) is 15.1. The number of aromatic nitrogens is 5. The molecule has 4 heterocycles. The molecule has 3 aromatic heterocycles. The molecule has 8 heteroatoms. The predicted octanol–water partition coefficient (Wildman–Crippen LogP) is 4.38. The molecule has 1 amide bonds. The van der Waals surface area contributed by atoms with Crippen LogP contribution in [0, 0.1) is 12.8 Å². The van der Waals surface area contributed by atoms with Gasteiger partial charge in [0.25, 0.3) is 5.91 Å². The van der Waals surface area contributed by atoms with E-state index in [0.29, 0.717) is 41.2 Å². The van der Waals surface area contributed by atoms with Gasteiger partial charge in [-0.05, 0) is 55.2 Å². The predicted molar refractivity (Wildman–Crippen MR) is 125 cm³/mol. The van der Waals surface area contributed by atoms with Crippen molar-refractivity contribution in [1.82, 2.24) is 24.7 Å². The van der Waals surface area contributed by atoms with Crippen LogP contribution in [0.25, 0.3) is 22.6 Å². The van der Waals surface area contributed by atoms with Crippen molar-refractivity contribution in [2.75, 3.05) is 11.9 Å². The number of amides is 1. The van der Waals surface area contributed by atoms with Crippen molar-refractivity contribution in [3.05, 3.63) is 72.3 Å². The third-order valence-electron chi connectivity index (χ3n) is 5.68. The first kappa shape index (κ1) is 20.8. The second kappa shape index (κ2) is 8.82. The molecule has 5 rings (SSSR count). The van der Waals surface area contributed by atoms with Gasteiger partial charge in [-0.3, -0.25) is 9.78 Å². The second-order valence-electron chi connectivity index (χ2n) is 8.31. The van der Waals surface area contributed by atoms with Gasteiger partial charge in [0.15, 0.2) is 5.82 Å². The number of benzene rings is 1. The molecule has 0 saturated carbocycles. The van der Waals surface area contributed by atoms with E-state index in [9.17, 15) is 4.79 Å². The first-order valence-electron chi connectivity index (χ1n) is 10.9. The standard InChI is InChI=1S/C25H24N6O2/c1-16-10-11-33-22-9-8-18(19-7-6-17(2)26-13-19)12-20(22)25(32)29-23-5-3-4-21(28-23)24-30-27-15-31(24)14-16/h3-9,12-13,15-16H,10-11,14H2,1-2H3,(H,28,29,32). The lowest BCUT2D eigenvalue weighted by Gasteiger charge is -2.17. The topological polar surface area (TPSA) is 94.8 Å². The van der Waals surface area contributed by atoms with Crippen LogP contribution in [-0.4, -0.2) is 37.2 Å². The Morgan fingerprint density at radius 3 is 2.85 bits per heavy atom. The Morgan fingerprint density at radius 1 is 1.12 bits per heavy atom. The fourth-order valence-electron chi connectivity index (χ4n) is 3.85. The summed E-state index contributed by atoms with van der Waals surface area (Å²) in [5.41, 5.74) is 3.88. The summed E-state index contributed by atoms with van der Waals surface area (Å²) in [4.78, 5) is 22.3. The van der Waals surface area contributed by atoms with Crippen LogP contribution in [0.5, 0.6) is 5.75 Å². The Hall–Kier alpha value is -4.07. The number of rotatable bonds is 1. The molecule has 166 valence electrons. The van der Waals surface area contributed by atoms with Crippen LogP contribution < -0.4 is 10.1 Å². The normalized spacial score (nSPS) is 16.1. The van der Waals surface area contributed by atoms with E-state index in [2.05, 4.69) is 32.4 Å². The highest BCUT2D eigenvalue weighted by atomic mass is 16.5. The average Bonchev–Trinajstić information content (AvgIpc) is 3.27. The van der Waals surface area contributed by atoms with Gasteiger partial charge < -0.3 is 14.6 Å². The number of carbonyl (C=O) groups excluding carboxylic acids is 1. The maximum Gasteiger partial charge on any atom is 0.260 e. The highest BCUT2D eigenvalue weighted by molar-refractivity contribution is 6.06. The molecule has 0 aliphatic carbocycles. The van der Waals surface area contributed by atoms with E-state index in [1.54, 1.807) is 12.4 Å². The Labute approximate surface area is 191 Å². The van der Waals surface area contributed by atoms with E-state index in [0.717, 1.165) is 29.8 Å². The summed E-state index contributed by atoms with van der Waals surface area (Å²) in [6.45, 7) is 5.34. The van der Waals surface area contributed by atoms with Crippen LogP contribution >= 0.6 is 0 Å². The number of nitrogens with zero attached hydrogens (tertiary/aromatic N) is 5. The van der Waals surface area contributed by atoms with Crippen molar-refractivity contribution < 1.29 is 9.53 Å². The Kier molecular flexibility index (Phi) is 5.56. The van der Waals surface area contributed by atoms with E-state index >= 15 is 0 Å². The lowest BCUT2D eigenvalue weighted by molar-refractivity contribution is 0.102. The minimum atomic E-state index is -0.289. The molecule has 33 heavy (non-hydrogen) atoms. The zero-order chi connectivity index (χ0) is 22.8. The molecule has 4 aromatic rings. The maximum atomic E-state index is 13.3. The Bertz CT molecular complexity index is 1300. The van der Waals surface area contributed by atoms with Crippen LogP contribution in [0.3, 0.4) is 0 Å². The van der Waals surface area contributed by atoms with Crippen molar-refractivity contribution in [2.24, 2.45) is 5.92 Å². The van der Waals surface area contributed by atoms with Crippen LogP contribution in [0.2, 0.25) is 0 Å². The van der Waals surface area contributed by atoms with Gasteiger partial charge >= 0.3 is 0 Å². The number of aryl methyl sites for hydroxylation is 1. The number of hydrogen-bond donors (Lipinski definition) is 1. The fraction of sp³-hybridized carbons (Fsp3) is 0.240. The van der Waals surface area contributed by atoms with E-state index < -0.39 is 0 Å².